The van der Waals surface area contributed by atoms with Crippen LogP contribution in [0.3, 0.4) is 0 Å². The molecule has 2 aliphatic rings. The molecule has 1 N–H and O–H groups in total. The summed E-state index contributed by atoms with van der Waals surface area (Å²) >= 11 is 0. The van der Waals surface area contributed by atoms with Crippen LogP contribution in [0, 0.1) is 5.82 Å². The number of nitrogens with one attached hydrogen (secondary N) is 1. The molecule has 0 aromatic heterocycles. The van der Waals surface area contributed by atoms with Gasteiger partial charge in [0.15, 0.2) is 11.5 Å². The molecule has 25 heavy (non-hydrogen) atoms. The highest BCUT2D eigenvalue weighted by Gasteiger charge is 2.43. The first-order valence-electron chi connectivity index (χ1n) is 7.51. The van der Waals surface area contributed by atoms with Gasteiger partial charge in [-0.3, -0.25) is 0 Å². The van der Waals surface area contributed by atoms with Crippen molar-refractivity contribution in [3.63, 3.8) is 0 Å². The van der Waals surface area contributed by atoms with Crippen LogP contribution < -0.4 is 14.8 Å². The Kier molecular flexibility index (Phi) is 3.48. The summed E-state index contributed by atoms with van der Waals surface area (Å²) in [5.41, 5.74) is 1.29. The number of alkyl carbamates (subject to hydrolysis) is 1. The van der Waals surface area contributed by atoms with E-state index in [4.69, 9.17) is 4.74 Å². The fraction of sp³-hybridized carbons (Fsp3) is 0.235. The first kappa shape index (κ1) is 15.6. The van der Waals surface area contributed by atoms with Crippen LogP contribution in [0.4, 0.5) is 18.0 Å². The highest BCUT2D eigenvalue weighted by molar-refractivity contribution is 5.70. The Morgan fingerprint density at radius 1 is 1.04 bits per heavy atom. The Morgan fingerprint density at radius 2 is 1.76 bits per heavy atom. The second-order valence-electron chi connectivity index (χ2n) is 5.78. The number of alkyl halides is 2. The lowest BCUT2D eigenvalue weighted by molar-refractivity contribution is -0.286. The first-order valence-corrected chi connectivity index (χ1v) is 7.51. The number of fused-ring (bicyclic) bond motifs is 1. The van der Waals surface area contributed by atoms with Gasteiger partial charge in [-0.05, 0) is 41.8 Å². The van der Waals surface area contributed by atoms with E-state index in [1.165, 1.54) is 36.4 Å². The molecular formula is C17H12F3NO4. The zero-order valence-electron chi connectivity index (χ0n) is 12.7. The number of carbonyl (C=O) groups excluding carboxylic acids is 1. The predicted octanol–water partition coefficient (Wildman–Crippen LogP) is 3.54. The summed E-state index contributed by atoms with van der Waals surface area (Å²) in [5, 5.41) is 2.67. The fourth-order valence-electron chi connectivity index (χ4n) is 2.94. The molecule has 1 saturated heterocycles. The number of ether oxygens (including phenoxy) is 3. The highest BCUT2D eigenvalue weighted by Crippen LogP contribution is 2.41. The minimum absolute atomic E-state index is 0.0458. The number of carbonyl (C=O) groups is 1. The standard InChI is InChI=1S/C17H12F3NO4/c18-11-4-2-10(3-5-11)15-12(21-16(22)23-15)7-9-1-6-13-14(8-9)25-17(19,20)24-13/h1-6,8,12,15H,7H2,(H,21,22). The summed E-state index contributed by atoms with van der Waals surface area (Å²) in [4.78, 5) is 11.6. The van der Waals surface area contributed by atoms with Crippen LogP contribution in [0.5, 0.6) is 11.5 Å². The Balaban J connectivity index is 1.55. The molecule has 2 unspecified atom stereocenters. The molecule has 5 nitrogen and oxygen atoms in total. The average Bonchev–Trinajstić information content (AvgIpc) is 3.05. The van der Waals surface area contributed by atoms with Gasteiger partial charge in [-0.15, -0.1) is 8.78 Å². The summed E-state index contributed by atoms with van der Waals surface area (Å²) in [6.45, 7) is 0. The van der Waals surface area contributed by atoms with Crippen LogP contribution >= 0.6 is 0 Å². The number of hydrogen-bond donors (Lipinski definition) is 1. The predicted molar refractivity (Wildman–Crippen MR) is 78.9 cm³/mol. The van der Waals surface area contributed by atoms with Crippen LogP contribution in [0.25, 0.3) is 0 Å². The molecule has 1 fully saturated rings. The largest absolute Gasteiger partial charge is 0.586 e. The van der Waals surface area contributed by atoms with Crippen molar-refractivity contribution in [1.82, 2.24) is 5.32 Å². The maximum atomic E-state index is 13.1. The van der Waals surface area contributed by atoms with Gasteiger partial charge in [0.25, 0.3) is 0 Å². The van der Waals surface area contributed by atoms with E-state index in [0.29, 0.717) is 17.5 Å². The second kappa shape index (κ2) is 5.58. The topological polar surface area (TPSA) is 56.8 Å². The SMILES string of the molecule is O=C1NC(Cc2ccc3c(c2)OC(F)(F)O3)C(c2ccc(F)cc2)O1. The van der Waals surface area contributed by atoms with E-state index in [1.54, 1.807) is 6.07 Å². The van der Waals surface area contributed by atoms with Crippen molar-refractivity contribution in [1.29, 1.82) is 0 Å². The normalized spacial score (nSPS) is 23.2. The van der Waals surface area contributed by atoms with E-state index >= 15 is 0 Å². The number of hydrogen-bond acceptors (Lipinski definition) is 4. The minimum atomic E-state index is -3.68. The van der Waals surface area contributed by atoms with Gasteiger partial charge in [0.1, 0.15) is 11.9 Å². The molecule has 2 atom stereocenters. The second-order valence-corrected chi connectivity index (χ2v) is 5.78. The summed E-state index contributed by atoms with van der Waals surface area (Å²) in [7, 11) is 0. The lowest BCUT2D eigenvalue weighted by atomic mass is 9.96. The molecular weight excluding hydrogens is 339 g/mol. The number of halogens is 3. The van der Waals surface area contributed by atoms with Crippen molar-refractivity contribution in [3.05, 3.63) is 59.4 Å². The summed E-state index contributed by atoms with van der Waals surface area (Å²) < 4.78 is 53.3. The molecule has 0 bridgehead atoms. The maximum Gasteiger partial charge on any atom is 0.586 e. The monoisotopic (exact) mass is 351 g/mol. The van der Waals surface area contributed by atoms with E-state index in [0.717, 1.165) is 0 Å². The van der Waals surface area contributed by atoms with Gasteiger partial charge in [-0.25, -0.2) is 9.18 Å². The number of benzene rings is 2. The van der Waals surface area contributed by atoms with Crippen molar-refractivity contribution in [2.45, 2.75) is 24.9 Å². The van der Waals surface area contributed by atoms with Crippen molar-refractivity contribution in [2.75, 3.05) is 0 Å². The van der Waals surface area contributed by atoms with Crippen LogP contribution in [-0.4, -0.2) is 18.4 Å². The molecule has 1 amide bonds. The van der Waals surface area contributed by atoms with Crippen molar-refractivity contribution in [2.24, 2.45) is 0 Å². The van der Waals surface area contributed by atoms with Gasteiger partial charge in [0.2, 0.25) is 0 Å². The third-order valence-electron chi connectivity index (χ3n) is 4.02. The fourth-order valence-corrected chi connectivity index (χ4v) is 2.94. The molecule has 2 heterocycles. The van der Waals surface area contributed by atoms with Crippen molar-refractivity contribution < 1.29 is 32.2 Å². The lowest BCUT2D eigenvalue weighted by Gasteiger charge is -2.17. The third kappa shape index (κ3) is 3.07. The molecule has 0 saturated carbocycles. The van der Waals surface area contributed by atoms with E-state index in [-0.39, 0.29) is 11.5 Å². The smallest absolute Gasteiger partial charge is 0.439 e. The van der Waals surface area contributed by atoms with E-state index < -0.39 is 30.4 Å². The van der Waals surface area contributed by atoms with Gasteiger partial charge >= 0.3 is 12.4 Å². The molecule has 2 aromatic rings. The Hall–Kier alpha value is -2.90. The van der Waals surface area contributed by atoms with Crippen LogP contribution in [0.15, 0.2) is 42.5 Å². The average molecular weight is 351 g/mol. The van der Waals surface area contributed by atoms with Crippen LogP contribution in [0.2, 0.25) is 0 Å². The molecule has 4 rings (SSSR count). The summed E-state index contributed by atoms with van der Waals surface area (Å²) in [5.74, 6) is -0.504. The molecule has 2 aliphatic heterocycles. The van der Waals surface area contributed by atoms with E-state index in [1.807, 2.05) is 0 Å². The minimum Gasteiger partial charge on any atom is -0.439 e. The van der Waals surface area contributed by atoms with Crippen LogP contribution in [-0.2, 0) is 11.2 Å². The molecule has 0 aliphatic carbocycles. The van der Waals surface area contributed by atoms with E-state index in [2.05, 4.69) is 14.8 Å². The van der Waals surface area contributed by atoms with E-state index in [9.17, 15) is 18.0 Å². The lowest BCUT2D eigenvalue weighted by Crippen LogP contribution is -2.30. The first-order chi connectivity index (χ1) is 11.9. The zero-order valence-corrected chi connectivity index (χ0v) is 12.7. The summed E-state index contributed by atoms with van der Waals surface area (Å²) in [6.07, 6.45) is -4.57. The Morgan fingerprint density at radius 3 is 2.52 bits per heavy atom. The number of cyclic esters (lactones) is 1. The van der Waals surface area contributed by atoms with Gasteiger partial charge < -0.3 is 19.5 Å². The number of rotatable bonds is 3. The molecule has 130 valence electrons. The Bertz CT molecular complexity index is 825. The Labute approximate surface area is 140 Å². The van der Waals surface area contributed by atoms with Crippen LogP contribution in [0.1, 0.15) is 17.2 Å². The van der Waals surface area contributed by atoms with Gasteiger partial charge in [0, 0.05) is 0 Å². The molecule has 8 heteroatoms. The van der Waals surface area contributed by atoms with Gasteiger partial charge in [0.05, 0.1) is 6.04 Å². The van der Waals surface area contributed by atoms with Gasteiger partial charge in [-0.1, -0.05) is 18.2 Å². The summed E-state index contributed by atoms with van der Waals surface area (Å²) in [6, 6.07) is 9.62. The highest BCUT2D eigenvalue weighted by atomic mass is 19.3. The maximum absolute atomic E-state index is 13.1. The third-order valence-corrected chi connectivity index (χ3v) is 4.02. The molecule has 0 radical (unpaired) electrons. The van der Waals surface area contributed by atoms with Crippen molar-refractivity contribution >= 4 is 6.09 Å². The van der Waals surface area contributed by atoms with Gasteiger partial charge in [-0.2, -0.15) is 0 Å². The molecule has 2 aromatic carbocycles. The zero-order chi connectivity index (χ0) is 17.6. The molecule has 0 spiro atoms. The van der Waals surface area contributed by atoms with Crippen molar-refractivity contribution in [3.8, 4) is 11.5 Å². The number of amides is 1. The quantitative estimate of drug-likeness (QED) is 0.919.